The number of hydrogen-bond acceptors (Lipinski definition) is 5. The minimum absolute atomic E-state index is 0.0635. The zero-order chi connectivity index (χ0) is 31.5. The van der Waals surface area contributed by atoms with Crippen LogP contribution in [0.5, 0.6) is 0 Å². The molecule has 0 fully saturated rings. The molecule has 0 aliphatic rings. The third kappa shape index (κ3) is 33.4. The summed E-state index contributed by atoms with van der Waals surface area (Å²) in [5.41, 5.74) is 0. The number of unbranched alkanes of at least 4 members (excludes halogenated alkanes) is 24. The monoisotopic (exact) mass is 609 g/mol. The number of allylic oxidation sites excluding steroid dienone is 2. The molecule has 0 saturated carbocycles. The van der Waals surface area contributed by atoms with E-state index >= 15 is 0 Å². The Morgan fingerprint density at radius 2 is 0.860 bits per heavy atom. The predicted octanol–water partition coefficient (Wildman–Crippen LogP) is 11.3. The van der Waals surface area contributed by atoms with Crippen LogP contribution in [-0.4, -0.2) is 36.4 Å². The van der Waals surface area contributed by atoms with Crippen LogP contribution < -0.4 is 0 Å². The number of hydrogen-bond donors (Lipinski definition) is 1. The summed E-state index contributed by atoms with van der Waals surface area (Å²) < 4.78 is 10.6. The first-order chi connectivity index (χ1) is 21.1. The maximum atomic E-state index is 12.1. The van der Waals surface area contributed by atoms with Gasteiger partial charge in [0.1, 0.15) is 6.61 Å². The van der Waals surface area contributed by atoms with Crippen molar-refractivity contribution in [1.82, 2.24) is 0 Å². The molecular formula is C38H72O5. The van der Waals surface area contributed by atoms with Gasteiger partial charge in [-0.25, -0.2) is 0 Å². The number of carbonyl (C=O) groups excluding carboxylic acids is 2. The first kappa shape index (κ1) is 41.6. The van der Waals surface area contributed by atoms with Crippen molar-refractivity contribution in [2.24, 2.45) is 0 Å². The predicted molar refractivity (Wildman–Crippen MR) is 182 cm³/mol. The molecule has 254 valence electrons. The molecule has 0 heterocycles. The first-order valence-corrected chi connectivity index (χ1v) is 18.7. The van der Waals surface area contributed by atoms with Crippen LogP contribution in [0.25, 0.3) is 0 Å². The first-order valence-electron chi connectivity index (χ1n) is 18.7. The van der Waals surface area contributed by atoms with Crippen LogP contribution in [0.1, 0.15) is 200 Å². The van der Waals surface area contributed by atoms with Gasteiger partial charge >= 0.3 is 11.9 Å². The quantitative estimate of drug-likeness (QED) is 0.0447. The van der Waals surface area contributed by atoms with Crippen molar-refractivity contribution in [2.75, 3.05) is 13.2 Å². The fraction of sp³-hybridized carbons (Fsp3) is 0.895. The van der Waals surface area contributed by atoms with Crippen molar-refractivity contribution in [3.8, 4) is 0 Å². The summed E-state index contributed by atoms with van der Waals surface area (Å²) in [6, 6.07) is 0. The van der Waals surface area contributed by atoms with E-state index in [9.17, 15) is 14.7 Å². The van der Waals surface area contributed by atoms with Crippen molar-refractivity contribution in [2.45, 2.75) is 206 Å². The second-order valence-electron chi connectivity index (χ2n) is 12.7. The molecule has 0 rings (SSSR count). The maximum absolute atomic E-state index is 12.1. The van der Waals surface area contributed by atoms with Gasteiger partial charge in [0.2, 0.25) is 0 Å². The van der Waals surface area contributed by atoms with E-state index in [0.29, 0.717) is 12.8 Å². The van der Waals surface area contributed by atoms with E-state index in [1.807, 2.05) is 0 Å². The van der Waals surface area contributed by atoms with Crippen LogP contribution in [0.15, 0.2) is 12.2 Å². The number of rotatable bonds is 34. The Labute approximate surface area is 267 Å². The highest BCUT2D eigenvalue weighted by atomic mass is 16.6. The number of carbonyl (C=O) groups is 2. The van der Waals surface area contributed by atoms with E-state index in [1.165, 1.54) is 128 Å². The van der Waals surface area contributed by atoms with Crippen LogP contribution in [0, 0.1) is 0 Å². The van der Waals surface area contributed by atoms with Gasteiger partial charge in [0.25, 0.3) is 0 Å². The molecule has 0 spiro atoms. The average Bonchev–Trinajstić information content (AvgIpc) is 3.01. The van der Waals surface area contributed by atoms with Crippen molar-refractivity contribution in [3.05, 3.63) is 12.2 Å². The molecular weight excluding hydrogens is 536 g/mol. The largest absolute Gasteiger partial charge is 0.462 e. The van der Waals surface area contributed by atoms with E-state index in [4.69, 9.17) is 9.47 Å². The highest BCUT2D eigenvalue weighted by Crippen LogP contribution is 2.14. The third-order valence-corrected chi connectivity index (χ3v) is 8.31. The maximum Gasteiger partial charge on any atom is 0.306 e. The molecule has 0 aliphatic carbocycles. The van der Waals surface area contributed by atoms with E-state index < -0.39 is 6.10 Å². The van der Waals surface area contributed by atoms with Gasteiger partial charge in [0.15, 0.2) is 6.10 Å². The van der Waals surface area contributed by atoms with Gasteiger partial charge in [-0.3, -0.25) is 9.59 Å². The highest BCUT2D eigenvalue weighted by Gasteiger charge is 2.16. The Morgan fingerprint density at radius 3 is 1.26 bits per heavy atom. The molecule has 5 nitrogen and oxygen atoms in total. The molecule has 0 radical (unpaired) electrons. The van der Waals surface area contributed by atoms with Gasteiger partial charge < -0.3 is 14.6 Å². The Hall–Kier alpha value is -1.36. The third-order valence-electron chi connectivity index (χ3n) is 8.31. The molecule has 5 heteroatoms. The van der Waals surface area contributed by atoms with E-state index in [-0.39, 0.29) is 25.2 Å². The van der Waals surface area contributed by atoms with Crippen molar-refractivity contribution >= 4 is 11.9 Å². The second kappa shape index (κ2) is 35.1. The smallest absolute Gasteiger partial charge is 0.306 e. The van der Waals surface area contributed by atoms with Crippen LogP contribution in [0.4, 0.5) is 0 Å². The summed E-state index contributed by atoms with van der Waals surface area (Å²) in [5, 5.41) is 9.53. The van der Waals surface area contributed by atoms with Gasteiger partial charge in [0, 0.05) is 12.8 Å². The number of ether oxygens (including phenoxy) is 2. The Morgan fingerprint density at radius 1 is 0.512 bits per heavy atom. The SMILES string of the molecule is CCCCCCCCC/C=C\CCCCCCCC(=O)OC(CO)COC(=O)CCCCCCCCCCCCCCC. The van der Waals surface area contributed by atoms with Crippen LogP contribution in [-0.2, 0) is 19.1 Å². The summed E-state index contributed by atoms with van der Waals surface area (Å²) >= 11 is 0. The van der Waals surface area contributed by atoms with Crippen molar-refractivity contribution in [1.29, 1.82) is 0 Å². The molecule has 1 atom stereocenters. The molecule has 43 heavy (non-hydrogen) atoms. The van der Waals surface area contributed by atoms with Crippen LogP contribution >= 0.6 is 0 Å². The summed E-state index contributed by atoms with van der Waals surface area (Å²) in [5.74, 6) is -0.592. The number of aliphatic hydroxyl groups excluding tert-OH is 1. The Kier molecular flexibility index (Phi) is 34.0. The Bertz CT molecular complexity index is 617. The lowest BCUT2D eigenvalue weighted by atomic mass is 10.0. The zero-order valence-corrected chi connectivity index (χ0v) is 28.7. The summed E-state index contributed by atoms with van der Waals surface area (Å²) in [4.78, 5) is 24.2. The lowest BCUT2D eigenvalue weighted by molar-refractivity contribution is -0.161. The molecule has 0 saturated heterocycles. The van der Waals surface area contributed by atoms with E-state index in [0.717, 1.165) is 44.9 Å². The molecule has 1 unspecified atom stereocenters. The highest BCUT2D eigenvalue weighted by molar-refractivity contribution is 5.70. The normalized spacial score (nSPS) is 12.2. The minimum atomic E-state index is -0.768. The standard InChI is InChI=1S/C38H72O5/c1-3-5-7-9-11-13-15-17-18-19-21-23-25-27-29-31-33-38(41)43-36(34-39)35-42-37(40)32-30-28-26-24-22-20-16-14-12-10-8-6-4-2/h18-19,36,39H,3-17,20-35H2,1-2H3/b19-18-. The van der Waals surface area contributed by atoms with E-state index in [1.54, 1.807) is 0 Å². The van der Waals surface area contributed by atoms with E-state index in [2.05, 4.69) is 26.0 Å². The summed E-state index contributed by atoms with van der Waals surface area (Å²) in [7, 11) is 0. The fourth-order valence-corrected chi connectivity index (χ4v) is 5.43. The van der Waals surface area contributed by atoms with Gasteiger partial charge in [-0.2, -0.15) is 0 Å². The van der Waals surface area contributed by atoms with Gasteiger partial charge in [-0.15, -0.1) is 0 Å². The zero-order valence-electron chi connectivity index (χ0n) is 28.7. The van der Waals surface area contributed by atoms with Crippen LogP contribution in [0.3, 0.4) is 0 Å². The Balaban J connectivity index is 3.55. The molecule has 0 amide bonds. The molecule has 0 aliphatic heterocycles. The lowest BCUT2D eigenvalue weighted by Gasteiger charge is -2.15. The van der Waals surface area contributed by atoms with Gasteiger partial charge in [0.05, 0.1) is 6.61 Å². The number of esters is 2. The average molecular weight is 609 g/mol. The molecule has 0 aromatic rings. The van der Waals surface area contributed by atoms with Gasteiger partial charge in [-0.05, 0) is 38.5 Å². The molecule has 1 N–H and O–H groups in total. The fourth-order valence-electron chi connectivity index (χ4n) is 5.43. The van der Waals surface area contributed by atoms with Gasteiger partial charge in [-0.1, -0.05) is 161 Å². The minimum Gasteiger partial charge on any atom is -0.462 e. The summed E-state index contributed by atoms with van der Waals surface area (Å²) in [6.07, 6.45) is 38.4. The van der Waals surface area contributed by atoms with Crippen molar-refractivity contribution < 1.29 is 24.2 Å². The molecule has 0 bridgehead atoms. The molecule has 0 aromatic heterocycles. The van der Waals surface area contributed by atoms with Crippen molar-refractivity contribution in [3.63, 3.8) is 0 Å². The second-order valence-corrected chi connectivity index (χ2v) is 12.7. The lowest BCUT2D eigenvalue weighted by Crippen LogP contribution is -2.28. The van der Waals surface area contributed by atoms with Crippen LogP contribution in [0.2, 0.25) is 0 Å². The topological polar surface area (TPSA) is 72.8 Å². The number of aliphatic hydroxyl groups is 1. The molecule has 0 aromatic carbocycles. The summed E-state index contributed by atoms with van der Waals surface area (Å²) in [6.45, 7) is 4.13.